The predicted molar refractivity (Wildman–Crippen MR) is 125 cm³/mol. The van der Waals surface area contributed by atoms with Crippen LogP contribution in [0.5, 0.6) is 5.75 Å². The molecule has 3 aromatic rings. The number of ether oxygens (including phenoxy) is 1. The van der Waals surface area contributed by atoms with Crippen LogP contribution in [0.2, 0.25) is 0 Å². The Labute approximate surface area is 201 Å². The van der Waals surface area contributed by atoms with Crippen LogP contribution in [0.15, 0.2) is 57.7 Å². The number of nitrogens with one attached hydrogen (secondary N) is 2. The molecule has 9 heteroatoms. The smallest absolute Gasteiger partial charge is 0.339 e. The number of carbonyl (C=O) groups excluding carboxylic acids is 3. The minimum absolute atomic E-state index is 0.0628. The van der Waals surface area contributed by atoms with Gasteiger partial charge in [-0.15, -0.1) is 0 Å². The number of carbonyl (C=O) groups is 3. The van der Waals surface area contributed by atoms with Crippen LogP contribution in [0.25, 0.3) is 11.0 Å². The Morgan fingerprint density at radius 2 is 1.74 bits per heavy atom. The SMILES string of the molecule is O=C(COc1ccc2c3c(c(=O)oc2c1)CCCC3)NCC(=O)N[C@H](Cc1ccccc1)C(=O)[O-]. The van der Waals surface area contributed by atoms with Crippen LogP contribution in [0.3, 0.4) is 0 Å². The monoisotopic (exact) mass is 477 g/mol. The molecule has 1 aliphatic carbocycles. The van der Waals surface area contributed by atoms with Crippen molar-refractivity contribution in [1.82, 2.24) is 10.6 Å². The molecule has 4 rings (SSSR count). The van der Waals surface area contributed by atoms with Gasteiger partial charge in [-0.25, -0.2) is 4.79 Å². The molecule has 0 saturated carbocycles. The van der Waals surface area contributed by atoms with Gasteiger partial charge >= 0.3 is 5.63 Å². The number of rotatable bonds is 9. The van der Waals surface area contributed by atoms with E-state index in [1.807, 2.05) is 6.07 Å². The second-order valence-electron chi connectivity index (χ2n) is 8.41. The largest absolute Gasteiger partial charge is 0.548 e. The zero-order valence-electron chi connectivity index (χ0n) is 19.0. The molecule has 0 spiro atoms. The van der Waals surface area contributed by atoms with Crippen molar-refractivity contribution >= 4 is 28.8 Å². The summed E-state index contributed by atoms with van der Waals surface area (Å²) in [5.74, 6) is -2.31. The van der Waals surface area contributed by atoms with Crippen molar-refractivity contribution in [1.29, 1.82) is 0 Å². The van der Waals surface area contributed by atoms with Gasteiger partial charge < -0.3 is 29.7 Å². The minimum Gasteiger partial charge on any atom is -0.548 e. The normalized spacial score (nSPS) is 13.5. The Hall–Kier alpha value is -4.14. The average Bonchev–Trinajstić information content (AvgIpc) is 2.86. The molecule has 0 aliphatic heterocycles. The number of benzene rings is 2. The molecule has 0 bridgehead atoms. The van der Waals surface area contributed by atoms with Gasteiger partial charge in [0, 0.05) is 17.0 Å². The van der Waals surface area contributed by atoms with Gasteiger partial charge in [-0.3, -0.25) is 9.59 Å². The Morgan fingerprint density at radius 1 is 1.00 bits per heavy atom. The number of carboxylic acids is 1. The van der Waals surface area contributed by atoms with Gasteiger partial charge in [0.05, 0.1) is 18.6 Å². The van der Waals surface area contributed by atoms with Gasteiger partial charge in [0.1, 0.15) is 11.3 Å². The van der Waals surface area contributed by atoms with Crippen LogP contribution in [0, 0.1) is 0 Å². The van der Waals surface area contributed by atoms with Gasteiger partial charge in [-0.1, -0.05) is 30.3 Å². The zero-order valence-corrected chi connectivity index (χ0v) is 19.0. The van der Waals surface area contributed by atoms with Crippen LogP contribution in [-0.2, 0) is 33.6 Å². The number of carboxylic acid groups (broad SMARTS) is 1. The Bertz CT molecular complexity index is 1300. The summed E-state index contributed by atoms with van der Waals surface area (Å²) in [5.41, 5.74) is 2.54. The molecule has 9 nitrogen and oxygen atoms in total. The van der Waals surface area contributed by atoms with E-state index in [2.05, 4.69) is 10.6 Å². The van der Waals surface area contributed by atoms with E-state index >= 15 is 0 Å². The molecule has 1 aliphatic rings. The maximum absolute atomic E-state index is 12.3. The highest BCUT2D eigenvalue weighted by atomic mass is 16.5. The maximum atomic E-state index is 12.3. The van der Waals surface area contributed by atoms with Gasteiger partial charge in [0.2, 0.25) is 5.91 Å². The third kappa shape index (κ3) is 6.06. The fourth-order valence-electron chi connectivity index (χ4n) is 4.18. The van der Waals surface area contributed by atoms with E-state index in [-0.39, 0.29) is 18.7 Å². The Balaban J connectivity index is 1.29. The lowest BCUT2D eigenvalue weighted by atomic mass is 9.91. The molecule has 182 valence electrons. The number of amides is 2. The molecule has 35 heavy (non-hydrogen) atoms. The fraction of sp³-hybridized carbons (Fsp3) is 0.308. The summed E-state index contributed by atoms with van der Waals surface area (Å²) in [5, 5.41) is 17.0. The van der Waals surface area contributed by atoms with E-state index in [0.717, 1.165) is 47.8 Å². The summed E-state index contributed by atoms with van der Waals surface area (Å²) in [6.07, 6.45) is 3.60. The number of aryl methyl sites for hydroxylation is 1. The minimum atomic E-state index is -1.42. The van der Waals surface area contributed by atoms with Crippen LogP contribution < -0.4 is 26.1 Å². The molecule has 0 radical (unpaired) electrons. The third-order valence-electron chi connectivity index (χ3n) is 5.91. The summed E-state index contributed by atoms with van der Waals surface area (Å²) in [7, 11) is 0. The Morgan fingerprint density at radius 3 is 2.49 bits per heavy atom. The summed E-state index contributed by atoms with van der Waals surface area (Å²) in [4.78, 5) is 47.9. The molecule has 1 atom stereocenters. The molecular weight excluding hydrogens is 452 g/mol. The number of hydrogen-bond acceptors (Lipinski definition) is 7. The van der Waals surface area contributed by atoms with Crippen LogP contribution in [-0.4, -0.2) is 37.0 Å². The first-order valence-corrected chi connectivity index (χ1v) is 11.4. The highest BCUT2D eigenvalue weighted by Gasteiger charge is 2.19. The van der Waals surface area contributed by atoms with Crippen molar-refractivity contribution in [2.75, 3.05) is 13.2 Å². The lowest BCUT2D eigenvalue weighted by Crippen LogP contribution is -2.51. The summed E-state index contributed by atoms with van der Waals surface area (Å²) in [6, 6.07) is 12.7. The van der Waals surface area contributed by atoms with Crippen LogP contribution in [0.1, 0.15) is 29.5 Å². The number of aliphatic carboxylic acids is 1. The average molecular weight is 477 g/mol. The van der Waals surface area contributed by atoms with Crippen LogP contribution in [0.4, 0.5) is 0 Å². The summed E-state index contributed by atoms with van der Waals surface area (Å²) < 4.78 is 10.9. The first kappa shape index (κ1) is 24.0. The molecule has 0 unspecified atom stereocenters. The summed E-state index contributed by atoms with van der Waals surface area (Å²) >= 11 is 0. The van der Waals surface area contributed by atoms with Crippen molar-refractivity contribution < 1.29 is 28.6 Å². The van der Waals surface area contributed by atoms with Crippen molar-refractivity contribution in [3.8, 4) is 5.75 Å². The maximum Gasteiger partial charge on any atom is 0.339 e. The fourth-order valence-corrected chi connectivity index (χ4v) is 4.18. The third-order valence-corrected chi connectivity index (χ3v) is 5.91. The number of fused-ring (bicyclic) bond motifs is 3. The van der Waals surface area contributed by atoms with Gasteiger partial charge in [0.25, 0.3) is 5.91 Å². The molecular formula is C26H25N2O7-. The summed E-state index contributed by atoms with van der Waals surface area (Å²) in [6.45, 7) is -0.790. The molecule has 0 fully saturated rings. The number of hydrogen-bond donors (Lipinski definition) is 2. The standard InChI is InChI=1S/C26H26N2O7/c29-23(28-21(25(31)32)12-16-6-2-1-3-7-16)14-27-24(30)15-34-17-10-11-19-18-8-4-5-9-20(18)26(33)35-22(19)13-17/h1-3,6-7,10-11,13,21H,4-5,8-9,12,14-15H2,(H,27,30)(H,28,29)(H,31,32)/p-1/t21-/m1/s1. The second-order valence-corrected chi connectivity index (χ2v) is 8.41. The first-order valence-electron chi connectivity index (χ1n) is 11.4. The molecule has 2 aromatic carbocycles. The van der Waals surface area contributed by atoms with E-state index in [9.17, 15) is 24.3 Å². The predicted octanol–water partition coefficient (Wildman–Crippen LogP) is 0.644. The van der Waals surface area contributed by atoms with E-state index < -0.39 is 30.4 Å². The first-order chi connectivity index (χ1) is 16.9. The molecule has 1 heterocycles. The van der Waals surface area contributed by atoms with Crippen molar-refractivity contribution in [3.63, 3.8) is 0 Å². The van der Waals surface area contributed by atoms with E-state index in [1.165, 1.54) is 0 Å². The topological polar surface area (TPSA) is 138 Å². The zero-order chi connectivity index (χ0) is 24.8. The second kappa shape index (κ2) is 10.9. The van der Waals surface area contributed by atoms with Crippen molar-refractivity contribution in [3.05, 3.63) is 75.6 Å². The molecule has 2 amide bonds. The van der Waals surface area contributed by atoms with E-state index in [4.69, 9.17) is 9.15 Å². The van der Waals surface area contributed by atoms with Crippen molar-refractivity contribution in [2.24, 2.45) is 0 Å². The Kier molecular flexibility index (Phi) is 7.45. The highest BCUT2D eigenvalue weighted by molar-refractivity contribution is 5.88. The lowest BCUT2D eigenvalue weighted by Gasteiger charge is -2.20. The van der Waals surface area contributed by atoms with Gasteiger partial charge in [-0.05, 0) is 55.4 Å². The van der Waals surface area contributed by atoms with Gasteiger partial charge in [-0.2, -0.15) is 0 Å². The highest BCUT2D eigenvalue weighted by Crippen LogP contribution is 2.29. The quantitative estimate of drug-likeness (QED) is 0.432. The van der Waals surface area contributed by atoms with Crippen molar-refractivity contribution in [2.45, 2.75) is 38.1 Å². The van der Waals surface area contributed by atoms with Gasteiger partial charge in [0.15, 0.2) is 6.61 Å². The lowest BCUT2D eigenvalue weighted by molar-refractivity contribution is -0.308. The van der Waals surface area contributed by atoms with Crippen LogP contribution >= 0.6 is 0 Å². The molecule has 1 aromatic heterocycles. The molecule has 0 saturated heterocycles. The molecule has 2 N–H and O–H groups in total. The van der Waals surface area contributed by atoms with E-state index in [1.54, 1.807) is 42.5 Å². The van der Waals surface area contributed by atoms with E-state index in [0.29, 0.717) is 11.3 Å².